The number of amides is 3. The topological polar surface area (TPSA) is 169 Å². The highest BCUT2D eigenvalue weighted by atomic mass is 16.2. The fourth-order valence-corrected chi connectivity index (χ4v) is 7.66. The van der Waals surface area contributed by atoms with E-state index in [1.165, 1.54) is 0 Å². The molecule has 12 nitrogen and oxygen atoms in total. The van der Waals surface area contributed by atoms with Gasteiger partial charge in [0.1, 0.15) is 6.04 Å². The fraction of sp³-hybridized carbons (Fsp3) is 0.514. The number of nitriles is 1. The van der Waals surface area contributed by atoms with Gasteiger partial charge in [-0.05, 0) is 104 Å². The van der Waals surface area contributed by atoms with Gasteiger partial charge in [-0.2, -0.15) is 10.5 Å². The first-order valence-electron chi connectivity index (χ1n) is 16.7. The van der Waals surface area contributed by atoms with E-state index >= 15 is 0 Å². The molecule has 1 saturated carbocycles. The van der Waals surface area contributed by atoms with E-state index in [0.29, 0.717) is 55.2 Å². The van der Waals surface area contributed by atoms with Gasteiger partial charge < -0.3 is 20.9 Å². The van der Waals surface area contributed by atoms with Gasteiger partial charge in [0.25, 0.3) is 11.8 Å². The molecule has 6 rings (SSSR count). The van der Waals surface area contributed by atoms with E-state index in [1.807, 2.05) is 50.2 Å². The summed E-state index contributed by atoms with van der Waals surface area (Å²) in [4.78, 5) is 41.2. The Bertz CT molecular complexity index is 1630. The van der Waals surface area contributed by atoms with Crippen molar-refractivity contribution in [1.29, 1.82) is 5.26 Å². The number of rotatable bonds is 11. The highest BCUT2D eigenvalue weighted by molar-refractivity contribution is 5.95. The number of piperidine rings is 1. The summed E-state index contributed by atoms with van der Waals surface area (Å²) in [6.07, 6.45) is 3.49. The predicted molar refractivity (Wildman–Crippen MR) is 174 cm³/mol. The fourth-order valence-electron chi connectivity index (χ4n) is 7.66. The van der Waals surface area contributed by atoms with Crippen molar-refractivity contribution >= 4 is 17.7 Å². The monoisotopic (exact) mass is 637 g/mol. The van der Waals surface area contributed by atoms with Gasteiger partial charge in [0.05, 0.1) is 18.0 Å². The Morgan fingerprint density at radius 2 is 1.62 bits per heavy atom. The lowest BCUT2D eigenvalue weighted by Gasteiger charge is -2.38. The van der Waals surface area contributed by atoms with E-state index in [0.717, 1.165) is 35.1 Å². The maximum atomic E-state index is 13.5. The van der Waals surface area contributed by atoms with Crippen molar-refractivity contribution in [2.24, 2.45) is 11.8 Å². The van der Waals surface area contributed by atoms with Gasteiger partial charge in [-0.3, -0.25) is 14.4 Å². The summed E-state index contributed by atoms with van der Waals surface area (Å²) in [5, 5.41) is 34.9. The van der Waals surface area contributed by atoms with Crippen LogP contribution in [0, 0.1) is 23.2 Å². The maximum absolute atomic E-state index is 13.5. The number of aryl methyl sites for hydroxylation is 2. The zero-order chi connectivity index (χ0) is 33.3. The summed E-state index contributed by atoms with van der Waals surface area (Å²) in [6, 6.07) is 13.5. The number of aromatic amines is 1. The minimum absolute atomic E-state index is 0.0550. The van der Waals surface area contributed by atoms with Crippen LogP contribution < -0.4 is 16.0 Å². The lowest BCUT2D eigenvalue weighted by molar-refractivity contribution is -0.131. The lowest BCUT2D eigenvalue weighted by Crippen LogP contribution is -2.49. The zero-order valence-corrected chi connectivity index (χ0v) is 27.5. The quantitative estimate of drug-likeness (QED) is 0.249. The van der Waals surface area contributed by atoms with E-state index in [2.05, 4.69) is 56.5 Å². The molecule has 0 bridgehead atoms. The Balaban J connectivity index is 1.45. The van der Waals surface area contributed by atoms with Crippen molar-refractivity contribution < 1.29 is 14.4 Å². The van der Waals surface area contributed by atoms with Gasteiger partial charge in [-0.1, -0.05) is 31.2 Å². The van der Waals surface area contributed by atoms with Crippen LogP contribution in [0.25, 0.3) is 0 Å². The van der Waals surface area contributed by atoms with Crippen molar-refractivity contribution in [3.63, 3.8) is 0 Å². The number of likely N-dealkylation sites (tertiary alicyclic amines) is 1. The minimum atomic E-state index is -0.927. The minimum Gasteiger partial charge on any atom is -0.352 e. The number of hydrogen-bond donors (Lipinski definition) is 4. The number of aromatic nitrogens is 4. The first-order chi connectivity index (χ1) is 22.7. The molecule has 2 heterocycles. The molecule has 4 N–H and O–H groups in total. The van der Waals surface area contributed by atoms with Crippen molar-refractivity contribution in [3.05, 3.63) is 75.6 Å². The smallest absolute Gasteiger partial charge is 0.251 e. The van der Waals surface area contributed by atoms with Gasteiger partial charge in [0, 0.05) is 36.3 Å². The third-order valence-electron chi connectivity index (χ3n) is 10.1. The second kappa shape index (κ2) is 13.2. The van der Waals surface area contributed by atoms with Crippen LogP contribution in [-0.4, -0.2) is 81.0 Å². The van der Waals surface area contributed by atoms with Crippen LogP contribution >= 0.6 is 0 Å². The van der Waals surface area contributed by atoms with Crippen molar-refractivity contribution in [2.75, 3.05) is 19.6 Å². The summed E-state index contributed by atoms with van der Waals surface area (Å²) < 4.78 is 0. The average Bonchev–Trinajstić information content (AvgIpc) is 3.45. The highest BCUT2D eigenvalue weighted by Gasteiger charge is 2.54. The molecule has 0 spiro atoms. The van der Waals surface area contributed by atoms with E-state index in [4.69, 9.17) is 0 Å². The number of benzene rings is 2. The molecule has 1 aliphatic heterocycles. The first kappa shape index (κ1) is 32.3. The van der Waals surface area contributed by atoms with E-state index in [-0.39, 0.29) is 48.3 Å². The molecule has 3 amide bonds. The second-order valence-corrected chi connectivity index (χ2v) is 13.3. The molecule has 47 heavy (non-hydrogen) atoms. The Morgan fingerprint density at radius 1 is 1.00 bits per heavy atom. The summed E-state index contributed by atoms with van der Waals surface area (Å²) in [5.41, 5.74) is 4.11. The number of fused-ring (bicyclic) bond motifs is 3. The van der Waals surface area contributed by atoms with E-state index in [1.54, 1.807) is 4.90 Å². The van der Waals surface area contributed by atoms with Gasteiger partial charge in [-0.25, -0.2) is 0 Å². The number of hydrogen-bond acceptors (Lipinski definition) is 8. The first-order valence-corrected chi connectivity index (χ1v) is 16.7. The molecule has 3 aromatic rings. The van der Waals surface area contributed by atoms with Crippen LogP contribution in [0.3, 0.4) is 0 Å². The molecule has 2 aromatic carbocycles. The molecule has 2 fully saturated rings. The molecule has 3 aliphatic rings. The molecule has 0 radical (unpaired) electrons. The summed E-state index contributed by atoms with van der Waals surface area (Å²) >= 11 is 0. The number of tetrazole rings is 1. The molecule has 4 atom stereocenters. The number of carbonyl (C=O) groups is 3. The SMILES string of the molecule is CCNC(=O)c1ccc2c(c1)CCc1cc(C(=O)NCC)ccc1C2(C[C@@H](NCC(=O)N1C(C#N)C[C@@H]2C[C@@H]21)C(C)C)c1nn[nH]n1. The van der Waals surface area contributed by atoms with Gasteiger partial charge in [-0.15, -0.1) is 10.2 Å². The van der Waals surface area contributed by atoms with Crippen LogP contribution in [0.15, 0.2) is 36.4 Å². The highest BCUT2D eigenvalue weighted by Crippen LogP contribution is 2.49. The van der Waals surface area contributed by atoms with Crippen LogP contribution in [-0.2, 0) is 23.1 Å². The molecule has 1 unspecified atom stereocenters. The predicted octanol–water partition coefficient (Wildman–Crippen LogP) is 2.65. The molecular weight excluding hydrogens is 594 g/mol. The molecular formula is C35H43N9O3. The largest absolute Gasteiger partial charge is 0.352 e. The zero-order valence-electron chi connectivity index (χ0n) is 27.5. The Labute approximate surface area is 275 Å². The normalized spacial score (nSPS) is 21.1. The summed E-state index contributed by atoms with van der Waals surface area (Å²) in [6.45, 7) is 9.16. The van der Waals surface area contributed by atoms with Crippen LogP contribution in [0.1, 0.15) is 95.8 Å². The van der Waals surface area contributed by atoms with Crippen LogP contribution in [0.5, 0.6) is 0 Å². The second-order valence-electron chi connectivity index (χ2n) is 13.3. The summed E-state index contributed by atoms with van der Waals surface area (Å²) in [7, 11) is 0. The molecule has 246 valence electrons. The van der Waals surface area contributed by atoms with E-state index in [9.17, 15) is 19.6 Å². The number of nitrogens with zero attached hydrogens (tertiary/aromatic N) is 5. The van der Waals surface area contributed by atoms with Crippen LogP contribution in [0.4, 0.5) is 0 Å². The maximum Gasteiger partial charge on any atom is 0.251 e. The standard InChI is InChI=1S/C35H43N9O3/c1-5-37-32(46)23-9-11-27-21(13-23)7-8-22-14-24(33(47)38-6-2)10-12-28(22)35(27,34-40-42-43-41-34)17-29(20(3)4)39-19-31(45)44-26(18-36)15-25-16-30(25)44/h9-14,20,25-26,29-30,39H,5-8,15-17,19H2,1-4H3,(H,37,46)(H,38,47)(H,40,41,42,43)/t25-,26?,29-,30+/m1/s1. The molecule has 1 saturated heterocycles. The van der Waals surface area contributed by atoms with Crippen LogP contribution in [0.2, 0.25) is 0 Å². The number of H-pyrrole nitrogens is 1. The average molecular weight is 638 g/mol. The molecule has 12 heteroatoms. The van der Waals surface area contributed by atoms with Crippen molar-refractivity contribution in [1.82, 2.24) is 41.5 Å². The lowest BCUT2D eigenvalue weighted by atomic mass is 9.66. The summed E-state index contributed by atoms with van der Waals surface area (Å²) in [5.74, 6) is 0.680. The molecule has 2 aliphatic carbocycles. The number of nitrogens with one attached hydrogen (secondary N) is 4. The Hall–Kier alpha value is -4.63. The van der Waals surface area contributed by atoms with Gasteiger partial charge in [0.15, 0.2) is 5.82 Å². The Kier molecular flexibility index (Phi) is 9.10. The third kappa shape index (κ3) is 6.00. The third-order valence-corrected chi connectivity index (χ3v) is 10.1. The Morgan fingerprint density at radius 3 is 2.13 bits per heavy atom. The van der Waals surface area contributed by atoms with Gasteiger partial charge >= 0.3 is 0 Å². The van der Waals surface area contributed by atoms with Gasteiger partial charge in [0.2, 0.25) is 5.91 Å². The number of carbonyl (C=O) groups excluding carboxylic acids is 3. The van der Waals surface area contributed by atoms with E-state index < -0.39 is 5.41 Å². The van der Waals surface area contributed by atoms with Crippen molar-refractivity contribution in [2.45, 2.75) is 83.3 Å². The van der Waals surface area contributed by atoms with Crippen molar-refractivity contribution in [3.8, 4) is 6.07 Å². The molecule has 1 aromatic heterocycles.